The van der Waals surface area contributed by atoms with Gasteiger partial charge in [0.1, 0.15) is 18.1 Å². The Morgan fingerprint density at radius 2 is 2.04 bits per heavy atom. The fourth-order valence-corrected chi connectivity index (χ4v) is 1.93. The molecule has 0 saturated heterocycles. The molecule has 0 spiro atoms. The molecule has 0 amide bonds. The third-order valence-corrected chi connectivity index (χ3v) is 2.82. The number of aromatic carboxylic acids is 1. The molecule has 23 heavy (non-hydrogen) atoms. The maximum absolute atomic E-state index is 12.5. The molecule has 1 heterocycles. The highest BCUT2D eigenvalue weighted by molar-refractivity contribution is 5.97. The molecule has 0 aliphatic heterocycles. The van der Waals surface area contributed by atoms with Gasteiger partial charge in [-0.3, -0.25) is 0 Å². The van der Waals surface area contributed by atoms with Gasteiger partial charge in [-0.15, -0.1) is 0 Å². The van der Waals surface area contributed by atoms with Crippen molar-refractivity contribution in [3.05, 3.63) is 47.8 Å². The Balaban J connectivity index is 2.57. The summed E-state index contributed by atoms with van der Waals surface area (Å²) in [6, 6.07) is 7.04. The third-order valence-electron chi connectivity index (χ3n) is 2.82. The Morgan fingerprint density at radius 3 is 2.70 bits per heavy atom. The van der Waals surface area contributed by atoms with E-state index in [0.29, 0.717) is 0 Å². The molecule has 1 aromatic heterocycles. The quantitative estimate of drug-likeness (QED) is 0.846. The lowest BCUT2D eigenvalue weighted by atomic mass is 10.0. The number of nitrogens with zero attached hydrogens (tertiary/aromatic N) is 1. The Hall–Kier alpha value is -2.98. The van der Waals surface area contributed by atoms with Gasteiger partial charge in [0.2, 0.25) is 0 Å². The van der Waals surface area contributed by atoms with E-state index >= 15 is 0 Å². The maximum Gasteiger partial charge on any atom is 0.387 e. The number of rotatable bonds is 4. The summed E-state index contributed by atoms with van der Waals surface area (Å²) in [6.07, 6.45) is 1.22. The average Bonchev–Trinajstić information content (AvgIpc) is 2.52. The lowest BCUT2D eigenvalue weighted by molar-refractivity contribution is -0.0494. The zero-order chi connectivity index (χ0) is 16.8. The van der Waals surface area contributed by atoms with Crippen molar-refractivity contribution in [3.63, 3.8) is 0 Å². The number of alkyl halides is 2. The van der Waals surface area contributed by atoms with E-state index in [9.17, 15) is 18.7 Å². The molecular formula is C16H11F2NO4. The predicted molar refractivity (Wildman–Crippen MR) is 77.2 cm³/mol. The number of aliphatic hydroxyl groups is 1. The lowest BCUT2D eigenvalue weighted by Crippen LogP contribution is -2.06. The molecule has 1 aromatic carbocycles. The summed E-state index contributed by atoms with van der Waals surface area (Å²) >= 11 is 0. The number of aliphatic hydroxyl groups excluding tert-OH is 1. The number of halogens is 2. The van der Waals surface area contributed by atoms with E-state index in [1.165, 1.54) is 30.5 Å². The number of carbonyl (C=O) groups is 1. The number of benzene rings is 1. The highest BCUT2D eigenvalue weighted by Crippen LogP contribution is 2.33. The minimum absolute atomic E-state index is 0.128. The van der Waals surface area contributed by atoms with Gasteiger partial charge in [0.15, 0.2) is 0 Å². The molecule has 0 fully saturated rings. The molecule has 0 aliphatic carbocycles. The van der Waals surface area contributed by atoms with Crippen LogP contribution in [0.5, 0.6) is 5.75 Å². The Morgan fingerprint density at radius 1 is 1.30 bits per heavy atom. The molecule has 0 bridgehead atoms. The van der Waals surface area contributed by atoms with Crippen LogP contribution in [-0.2, 0) is 0 Å². The SMILES string of the molecule is O=C(O)c1cc(C#CCO)ncc1-c1ccccc1OC(F)F. The molecule has 0 unspecified atom stereocenters. The fraction of sp³-hybridized carbons (Fsp3) is 0.125. The van der Waals surface area contributed by atoms with E-state index in [4.69, 9.17) is 5.11 Å². The van der Waals surface area contributed by atoms with Gasteiger partial charge in [-0.25, -0.2) is 9.78 Å². The van der Waals surface area contributed by atoms with E-state index in [1.807, 2.05) is 0 Å². The van der Waals surface area contributed by atoms with Crippen LogP contribution >= 0.6 is 0 Å². The van der Waals surface area contributed by atoms with Crippen molar-refractivity contribution in [2.24, 2.45) is 0 Å². The number of ether oxygens (including phenoxy) is 1. The summed E-state index contributed by atoms with van der Waals surface area (Å²) in [4.78, 5) is 15.4. The average molecular weight is 319 g/mol. The van der Waals surface area contributed by atoms with Gasteiger partial charge in [-0.2, -0.15) is 8.78 Å². The summed E-state index contributed by atoms with van der Waals surface area (Å²) in [7, 11) is 0. The van der Waals surface area contributed by atoms with Gasteiger partial charge >= 0.3 is 12.6 Å². The molecule has 118 valence electrons. The summed E-state index contributed by atoms with van der Waals surface area (Å²) in [5.74, 6) is 3.43. The molecule has 2 N–H and O–H groups in total. The Labute approximate surface area is 130 Å². The van der Waals surface area contributed by atoms with E-state index in [1.54, 1.807) is 6.07 Å². The van der Waals surface area contributed by atoms with Crippen molar-refractivity contribution in [1.82, 2.24) is 4.98 Å². The first-order chi connectivity index (χ1) is 11.0. The first kappa shape index (κ1) is 16.4. The van der Waals surface area contributed by atoms with Crippen LogP contribution in [0.2, 0.25) is 0 Å². The molecule has 5 nitrogen and oxygen atoms in total. The largest absolute Gasteiger partial charge is 0.478 e. The van der Waals surface area contributed by atoms with E-state index < -0.39 is 19.2 Å². The van der Waals surface area contributed by atoms with Crippen molar-refractivity contribution in [2.75, 3.05) is 6.61 Å². The van der Waals surface area contributed by atoms with Crippen LogP contribution in [0.1, 0.15) is 16.1 Å². The van der Waals surface area contributed by atoms with Gasteiger partial charge in [0.25, 0.3) is 0 Å². The molecule has 2 rings (SSSR count). The second-order valence-electron chi connectivity index (χ2n) is 4.25. The van der Waals surface area contributed by atoms with E-state index in [-0.39, 0.29) is 28.1 Å². The van der Waals surface area contributed by atoms with E-state index in [2.05, 4.69) is 21.6 Å². The van der Waals surface area contributed by atoms with Gasteiger partial charge < -0.3 is 14.9 Å². The van der Waals surface area contributed by atoms with Crippen molar-refractivity contribution in [3.8, 4) is 28.7 Å². The van der Waals surface area contributed by atoms with Crippen molar-refractivity contribution in [2.45, 2.75) is 6.61 Å². The molecule has 0 aliphatic rings. The van der Waals surface area contributed by atoms with Crippen LogP contribution < -0.4 is 4.74 Å². The zero-order valence-corrected chi connectivity index (χ0v) is 11.7. The van der Waals surface area contributed by atoms with Gasteiger partial charge in [-0.05, 0) is 18.1 Å². The maximum atomic E-state index is 12.5. The van der Waals surface area contributed by atoms with Gasteiger partial charge in [0.05, 0.1) is 5.56 Å². The molecule has 0 saturated carbocycles. The molecule has 0 atom stereocenters. The van der Waals surface area contributed by atoms with Crippen LogP contribution in [0.3, 0.4) is 0 Å². The van der Waals surface area contributed by atoms with Gasteiger partial charge in [-0.1, -0.05) is 24.1 Å². The highest BCUT2D eigenvalue weighted by Gasteiger charge is 2.18. The van der Waals surface area contributed by atoms with Crippen LogP contribution in [0.25, 0.3) is 11.1 Å². The summed E-state index contributed by atoms with van der Waals surface area (Å²) in [6.45, 7) is -3.43. The fourth-order valence-electron chi connectivity index (χ4n) is 1.93. The third kappa shape index (κ3) is 4.02. The normalized spacial score (nSPS) is 10.1. The van der Waals surface area contributed by atoms with Crippen LogP contribution in [-0.4, -0.2) is 34.4 Å². The molecule has 0 radical (unpaired) electrons. The molecule has 2 aromatic rings. The standard InChI is InChI=1S/C16H11F2NO4/c17-16(18)23-14-6-2-1-5-11(14)13-9-19-10(4-3-7-20)8-12(13)15(21)22/h1-2,5-6,8-9,16,20H,7H2,(H,21,22). The molecular weight excluding hydrogens is 308 g/mol. The molecule has 7 heteroatoms. The number of hydrogen-bond donors (Lipinski definition) is 2. The minimum atomic E-state index is -3.04. The zero-order valence-electron chi connectivity index (χ0n) is 11.7. The number of carboxylic acid groups (broad SMARTS) is 1. The summed E-state index contributed by atoms with van der Waals surface area (Å²) in [5, 5.41) is 18.0. The minimum Gasteiger partial charge on any atom is -0.478 e. The topological polar surface area (TPSA) is 79.7 Å². The van der Waals surface area contributed by atoms with Crippen LogP contribution in [0.15, 0.2) is 36.5 Å². The monoisotopic (exact) mass is 319 g/mol. The second-order valence-corrected chi connectivity index (χ2v) is 4.25. The number of hydrogen-bond acceptors (Lipinski definition) is 4. The number of para-hydroxylation sites is 1. The first-order valence-corrected chi connectivity index (χ1v) is 6.40. The smallest absolute Gasteiger partial charge is 0.387 e. The van der Waals surface area contributed by atoms with Crippen molar-refractivity contribution in [1.29, 1.82) is 0 Å². The predicted octanol–water partition coefficient (Wildman–Crippen LogP) is 2.39. The first-order valence-electron chi connectivity index (χ1n) is 6.40. The second kappa shape index (κ2) is 7.33. The summed E-state index contributed by atoms with van der Waals surface area (Å²) < 4.78 is 29.4. The lowest BCUT2D eigenvalue weighted by Gasteiger charge is -2.12. The number of aromatic nitrogens is 1. The van der Waals surface area contributed by atoms with Crippen LogP contribution in [0.4, 0.5) is 8.78 Å². The van der Waals surface area contributed by atoms with Crippen LogP contribution in [0, 0.1) is 11.8 Å². The number of pyridine rings is 1. The number of carboxylic acids is 1. The van der Waals surface area contributed by atoms with E-state index in [0.717, 1.165) is 0 Å². The van der Waals surface area contributed by atoms with Crippen molar-refractivity contribution >= 4 is 5.97 Å². The van der Waals surface area contributed by atoms with Crippen molar-refractivity contribution < 1.29 is 28.5 Å². The summed E-state index contributed by atoms with van der Waals surface area (Å²) in [5.41, 5.74) is 0.294. The Bertz CT molecular complexity index is 781. The highest BCUT2D eigenvalue weighted by atomic mass is 19.3. The Kier molecular flexibility index (Phi) is 5.23. The van der Waals surface area contributed by atoms with Gasteiger partial charge in [0, 0.05) is 17.3 Å².